The van der Waals surface area contributed by atoms with Crippen LogP contribution in [0.3, 0.4) is 0 Å². The summed E-state index contributed by atoms with van der Waals surface area (Å²) in [6.07, 6.45) is 8.11. The zero-order valence-corrected chi connectivity index (χ0v) is 15.2. The summed E-state index contributed by atoms with van der Waals surface area (Å²) >= 11 is 7.12. The van der Waals surface area contributed by atoms with Gasteiger partial charge in [0.1, 0.15) is 0 Å². The predicted molar refractivity (Wildman–Crippen MR) is 91.6 cm³/mol. The lowest BCUT2D eigenvalue weighted by Gasteiger charge is -2.16. The molecule has 0 aliphatic heterocycles. The summed E-state index contributed by atoms with van der Waals surface area (Å²) in [5.74, 6) is 0. The largest absolute Gasteiger partial charge is 0.310 e. The third-order valence-corrected chi connectivity index (χ3v) is 4.59. The molecule has 0 aliphatic carbocycles. The maximum atomic E-state index is 3.63. The molecular weight excluding hydrogens is 366 g/mol. The summed E-state index contributed by atoms with van der Waals surface area (Å²) < 4.78 is 2.29. The molecule has 1 aromatic rings. The van der Waals surface area contributed by atoms with Gasteiger partial charge in [0.15, 0.2) is 0 Å². The molecule has 1 nitrogen and oxygen atoms in total. The van der Waals surface area contributed by atoms with Gasteiger partial charge in [-0.1, -0.05) is 77.0 Å². The molecule has 0 saturated carbocycles. The normalized spacial score (nSPS) is 12.6. The van der Waals surface area contributed by atoms with Crippen LogP contribution < -0.4 is 5.32 Å². The van der Waals surface area contributed by atoms with Crippen LogP contribution in [0.5, 0.6) is 0 Å². The molecule has 0 amide bonds. The second-order valence-corrected chi connectivity index (χ2v) is 6.88. The molecule has 1 rings (SSSR count). The summed E-state index contributed by atoms with van der Waals surface area (Å²) in [4.78, 5) is 0. The molecule has 108 valence electrons. The van der Waals surface area contributed by atoms with Crippen LogP contribution in [0.1, 0.15) is 64.0 Å². The van der Waals surface area contributed by atoms with E-state index >= 15 is 0 Å². The van der Waals surface area contributed by atoms with Gasteiger partial charge in [-0.25, -0.2) is 0 Å². The molecule has 0 aromatic heterocycles. The number of nitrogens with one attached hydrogen (secondary N) is 1. The molecule has 0 bridgehead atoms. The molecule has 0 saturated heterocycles. The number of rotatable bonds is 9. The van der Waals surface area contributed by atoms with Gasteiger partial charge in [-0.2, -0.15) is 0 Å². The van der Waals surface area contributed by atoms with Crippen LogP contribution in [0.4, 0.5) is 0 Å². The van der Waals surface area contributed by atoms with E-state index in [9.17, 15) is 0 Å². The standard InChI is InChI=1S/C16H25Br2N/c1-3-4-5-6-7-8-11-19-13(2)15-10-9-14(17)12-16(15)18/h9-10,12-13,19H,3-8,11H2,1-2H3. The Bertz CT molecular complexity index is 366. The van der Waals surface area contributed by atoms with Crippen LogP contribution in [0.15, 0.2) is 27.1 Å². The summed E-state index contributed by atoms with van der Waals surface area (Å²) in [5.41, 5.74) is 1.33. The van der Waals surface area contributed by atoms with Crippen molar-refractivity contribution in [2.24, 2.45) is 0 Å². The van der Waals surface area contributed by atoms with Crippen LogP contribution in [-0.2, 0) is 0 Å². The van der Waals surface area contributed by atoms with Crippen LogP contribution in [0.25, 0.3) is 0 Å². The molecule has 0 radical (unpaired) electrons. The minimum absolute atomic E-state index is 0.401. The molecule has 1 aromatic carbocycles. The van der Waals surface area contributed by atoms with Gasteiger partial charge < -0.3 is 5.32 Å². The lowest BCUT2D eigenvalue weighted by molar-refractivity contribution is 0.526. The SMILES string of the molecule is CCCCCCCCNC(C)c1ccc(Br)cc1Br. The van der Waals surface area contributed by atoms with Crippen molar-refractivity contribution in [3.8, 4) is 0 Å². The molecule has 1 N–H and O–H groups in total. The van der Waals surface area contributed by atoms with Crippen LogP contribution in [0, 0.1) is 0 Å². The third kappa shape index (κ3) is 6.92. The van der Waals surface area contributed by atoms with Gasteiger partial charge in [0, 0.05) is 15.0 Å². The summed E-state index contributed by atoms with van der Waals surface area (Å²) in [5, 5.41) is 3.60. The van der Waals surface area contributed by atoms with Gasteiger partial charge in [-0.15, -0.1) is 0 Å². The Hall–Kier alpha value is 0.140. The molecule has 0 spiro atoms. The van der Waals surface area contributed by atoms with Crippen molar-refractivity contribution in [2.75, 3.05) is 6.54 Å². The molecule has 19 heavy (non-hydrogen) atoms. The Balaban J connectivity index is 2.22. The van der Waals surface area contributed by atoms with E-state index < -0.39 is 0 Å². The van der Waals surface area contributed by atoms with E-state index in [1.807, 2.05) is 0 Å². The van der Waals surface area contributed by atoms with Crippen molar-refractivity contribution in [1.29, 1.82) is 0 Å². The fraction of sp³-hybridized carbons (Fsp3) is 0.625. The number of halogens is 2. The van der Waals surface area contributed by atoms with Gasteiger partial charge in [0.25, 0.3) is 0 Å². The smallest absolute Gasteiger partial charge is 0.0302 e. The highest BCUT2D eigenvalue weighted by Gasteiger charge is 2.08. The zero-order chi connectivity index (χ0) is 14.1. The molecule has 1 atom stereocenters. The van der Waals surface area contributed by atoms with E-state index in [0.29, 0.717) is 6.04 Å². The van der Waals surface area contributed by atoms with E-state index in [-0.39, 0.29) is 0 Å². The van der Waals surface area contributed by atoms with E-state index in [0.717, 1.165) is 11.0 Å². The summed E-state index contributed by atoms with van der Waals surface area (Å²) in [6.45, 7) is 5.60. The summed E-state index contributed by atoms with van der Waals surface area (Å²) in [6, 6.07) is 6.78. The second kappa shape index (κ2) is 9.95. The lowest BCUT2D eigenvalue weighted by atomic mass is 10.1. The van der Waals surface area contributed by atoms with E-state index in [2.05, 4.69) is 69.2 Å². The number of hydrogen-bond acceptors (Lipinski definition) is 1. The van der Waals surface area contributed by atoms with Crippen molar-refractivity contribution >= 4 is 31.9 Å². The average Bonchev–Trinajstić information content (AvgIpc) is 2.37. The Kier molecular flexibility index (Phi) is 9.01. The van der Waals surface area contributed by atoms with E-state index in [4.69, 9.17) is 0 Å². The minimum atomic E-state index is 0.401. The molecule has 0 fully saturated rings. The first-order valence-corrected chi connectivity index (χ1v) is 8.92. The Morgan fingerprint density at radius 1 is 1.05 bits per heavy atom. The van der Waals surface area contributed by atoms with Crippen LogP contribution in [0.2, 0.25) is 0 Å². The number of unbranched alkanes of at least 4 members (excludes halogenated alkanes) is 5. The average molecular weight is 391 g/mol. The number of hydrogen-bond donors (Lipinski definition) is 1. The monoisotopic (exact) mass is 389 g/mol. The highest BCUT2D eigenvalue weighted by molar-refractivity contribution is 9.11. The quantitative estimate of drug-likeness (QED) is 0.493. The topological polar surface area (TPSA) is 12.0 Å². The molecule has 0 heterocycles. The Morgan fingerprint density at radius 2 is 1.74 bits per heavy atom. The van der Waals surface area contributed by atoms with Crippen molar-refractivity contribution in [3.63, 3.8) is 0 Å². The van der Waals surface area contributed by atoms with Gasteiger partial charge >= 0.3 is 0 Å². The minimum Gasteiger partial charge on any atom is -0.310 e. The van der Waals surface area contributed by atoms with Gasteiger partial charge in [0.05, 0.1) is 0 Å². The first-order chi connectivity index (χ1) is 9.15. The van der Waals surface area contributed by atoms with E-state index in [1.165, 1.54) is 48.6 Å². The van der Waals surface area contributed by atoms with Crippen molar-refractivity contribution in [2.45, 2.75) is 58.4 Å². The Morgan fingerprint density at radius 3 is 2.42 bits per heavy atom. The first kappa shape index (κ1) is 17.2. The summed E-state index contributed by atoms with van der Waals surface area (Å²) in [7, 11) is 0. The van der Waals surface area contributed by atoms with Crippen molar-refractivity contribution in [1.82, 2.24) is 5.32 Å². The predicted octanol–water partition coefficient (Wildman–Crippen LogP) is 6.22. The van der Waals surface area contributed by atoms with Crippen molar-refractivity contribution in [3.05, 3.63) is 32.7 Å². The molecule has 3 heteroatoms. The third-order valence-electron chi connectivity index (χ3n) is 3.41. The van der Waals surface area contributed by atoms with Crippen LogP contribution >= 0.6 is 31.9 Å². The van der Waals surface area contributed by atoms with Gasteiger partial charge in [-0.3, -0.25) is 0 Å². The van der Waals surface area contributed by atoms with Gasteiger partial charge in [0.2, 0.25) is 0 Å². The Labute approximate surface area is 134 Å². The number of benzene rings is 1. The highest BCUT2D eigenvalue weighted by atomic mass is 79.9. The lowest BCUT2D eigenvalue weighted by Crippen LogP contribution is -2.20. The maximum absolute atomic E-state index is 3.63. The highest BCUT2D eigenvalue weighted by Crippen LogP contribution is 2.26. The van der Waals surface area contributed by atoms with Crippen molar-refractivity contribution < 1.29 is 0 Å². The van der Waals surface area contributed by atoms with Gasteiger partial charge in [-0.05, 0) is 37.6 Å². The maximum Gasteiger partial charge on any atom is 0.0302 e. The zero-order valence-electron chi connectivity index (χ0n) is 12.0. The fourth-order valence-electron chi connectivity index (χ4n) is 2.19. The molecule has 0 aliphatic rings. The molecular formula is C16H25Br2N. The first-order valence-electron chi connectivity index (χ1n) is 7.33. The fourth-order valence-corrected chi connectivity index (χ4v) is 3.58. The molecule has 1 unspecified atom stereocenters. The van der Waals surface area contributed by atoms with Crippen LogP contribution in [-0.4, -0.2) is 6.54 Å². The van der Waals surface area contributed by atoms with E-state index in [1.54, 1.807) is 0 Å². The second-order valence-electron chi connectivity index (χ2n) is 5.11.